The smallest absolute Gasteiger partial charge is 0.148 e. The summed E-state index contributed by atoms with van der Waals surface area (Å²) in [6.07, 6.45) is 4.04. The molecule has 10 nitrogen and oxygen atoms in total. The number of rotatable bonds is 15. The van der Waals surface area contributed by atoms with Gasteiger partial charge in [0.2, 0.25) is 0 Å². The number of phenols is 2. The Labute approximate surface area is 842 Å². The molecule has 2 N–H and O–H groups in total. The summed E-state index contributed by atoms with van der Waals surface area (Å²) in [7, 11) is 0. The maximum Gasteiger partial charge on any atom is 0.148 e. The predicted molar refractivity (Wildman–Crippen MR) is 570 cm³/mol. The summed E-state index contributed by atoms with van der Waals surface area (Å²) in [5.41, 5.74) is 31.8. The fourth-order valence-electron chi connectivity index (χ4n) is 19.8. The molecule has 0 aliphatic rings. The summed E-state index contributed by atoms with van der Waals surface area (Å²) in [5, 5.41) is 29.6. The summed E-state index contributed by atoms with van der Waals surface area (Å²) in [4.78, 5) is 21.8. The van der Waals surface area contributed by atoms with Crippen molar-refractivity contribution >= 4 is 65.7 Å². The zero-order valence-electron chi connectivity index (χ0n) is 80.6. The first-order valence-corrected chi connectivity index (χ1v) is 47.4. The molecule has 0 saturated carbocycles. The molecule has 22 rings (SSSR count). The number of imidazole rings is 2. The van der Waals surface area contributed by atoms with E-state index in [1.165, 1.54) is 5.56 Å². The standard InChI is InChI=1S/C65H57N4O.C62H51N4O.2Pt/c1-63(2,3)46-38-52(61(70)54(39-46)64(4,5)6)62-67-60-50(31-22-34-58(60)69(62)56-32-20-18-29-49(56)42-23-12-9-13-24-42)43-35-44(37-47(36-43)65(7,8)45-25-14-10-15-26-45)55-40-59-53(41-66-55)51-30-19-21-33-57(51)68(59)48-27-16-11-17-28-48;1-61(2,3)45-36-50(59(67)52(37-45)62(4,5)6)60-64-58-48(29-20-32-56(58)66(60)54-30-18-16-27-47(54)41-23-12-8-13-24-41)43-33-42(40-21-10-7-11-22-40)34-44(35-43)53-38-57-51(39-63-53)49-28-17-19-31-55(49)65(57)46-25-14-9-15-26-46;;/h9-34,36-41,70H,1-8H3;7-34,36-39,67H,1-6H3;;/q2*-1;;. The maximum absolute atomic E-state index is 12.6. The Morgan fingerprint density at radius 1 is 0.245 bits per heavy atom. The van der Waals surface area contributed by atoms with Crippen LogP contribution in [0.3, 0.4) is 0 Å². The van der Waals surface area contributed by atoms with Crippen molar-refractivity contribution in [1.29, 1.82) is 0 Å². The molecular weight excluding hydrogens is 2060 g/mol. The van der Waals surface area contributed by atoms with Crippen LogP contribution in [0.2, 0.25) is 0 Å². The van der Waals surface area contributed by atoms with Crippen molar-refractivity contribution in [3.63, 3.8) is 0 Å². The van der Waals surface area contributed by atoms with Crippen LogP contribution in [-0.4, -0.2) is 48.4 Å². The molecule has 0 bridgehead atoms. The van der Waals surface area contributed by atoms with Gasteiger partial charge in [-0.1, -0.05) is 392 Å². The third kappa shape index (κ3) is 17.4. The van der Waals surface area contributed by atoms with E-state index >= 15 is 0 Å². The molecule has 6 heterocycles. The number of pyridine rings is 2. The predicted octanol–water partition coefficient (Wildman–Crippen LogP) is 32.6. The van der Waals surface area contributed by atoms with Gasteiger partial charge in [-0.2, -0.15) is 0 Å². The van der Waals surface area contributed by atoms with Crippen LogP contribution >= 0.6 is 0 Å². The van der Waals surface area contributed by atoms with Crippen LogP contribution in [0.1, 0.15) is 130 Å². The van der Waals surface area contributed by atoms with Gasteiger partial charge < -0.3 is 19.3 Å². The van der Waals surface area contributed by atoms with Crippen molar-refractivity contribution in [2.45, 2.75) is 124 Å². The van der Waals surface area contributed by atoms with Crippen LogP contribution < -0.4 is 0 Å². The number of aromatic hydroxyl groups is 2. The van der Waals surface area contributed by atoms with Crippen LogP contribution in [0.25, 0.3) is 189 Å². The Hall–Kier alpha value is -14.7. The molecule has 6 aromatic heterocycles. The Morgan fingerprint density at radius 2 is 0.583 bits per heavy atom. The minimum Gasteiger partial charge on any atom is -0.507 e. The van der Waals surface area contributed by atoms with E-state index in [-0.39, 0.29) is 75.3 Å². The Morgan fingerprint density at radius 3 is 1.00 bits per heavy atom. The van der Waals surface area contributed by atoms with Crippen molar-refractivity contribution < 1.29 is 52.3 Å². The number of phenolic OH excluding ortho intramolecular Hbond substituents is 2. The van der Waals surface area contributed by atoms with E-state index in [4.69, 9.17) is 19.9 Å². The van der Waals surface area contributed by atoms with Gasteiger partial charge in [0.05, 0.1) is 66.6 Å². The minimum atomic E-state index is -0.390. The molecule has 0 unspecified atom stereocenters. The largest absolute Gasteiger partial charge is 0.507 e. The molecule has 0 radical (unpaired) electrons. The molecule has 22 aromatic rings. The van der Waals surface area contributed by atoms with Gasteiger partial charge in [-0.05, 0) is 140 Å². The summed E-state index contributed by atoms with van der Waals surface area (Å²) in [6.45, 7) is 30.9. The second-order valence-corrected chi connectivity index (χ2v) is 40.8. The fourth-order valence-corrected chi connectivity index (χ4v) is 19.8. The normalized spacial score (nSPS) is 12.0. The first-order chi connectivity index (χ1) is 66.1. The number of aromatic nitrogens is 8. The van der Waals surface area contributed by atoms with Crippen molar-refractivity contribution in [3.8, 4) is 135 Å². The summed E-state index contributed by atoms with van der Waals surface area (Å²) < 4.78 is 9.17. The van der Waals surface area contributed by atoms with Gasteiger partial charge in [-0.15, -0.1) is 53.1 Å². The Balaban J connectivity index is 0.000000175. The quantitative estimate of drug-likeness (QED) is 0.0989. The molecular formula is C127H108N8O2Pt2-2. The molecule has 0 spiro atoms. The first kappa shape index (κ1) is 93.4. The van der Waals surface area contributed by atoms with Crippen LogP contribution in [0.5, 0.6) is 11.5 Å². The van der Waals surface area contributed by atoms with E-state index < -0.39 is 5.41 Å². The van der Waals surface area contributed by atoms with Gasteiger partial charge in [0.25, 0.3) is 0 Å². The van der Waals surface area contributed by atoms with E-state index in [1.54, 1.807) is 0 Å². The molecule has 0 atom stereocenters. The third-order valence-electron chi connectivity index (χ3n) is 27.2. The third-order valence-corrected chi connectivity index (χ3v) is 27.2. The van der Waals surface area contributed by atoms with Crippen molar-refractivity contribution in [3.05, 3.63) is 434 Å². The molecule has 12 heteroatoms. The average Bonchev–Trinajstić information content (AvgIpc) is 1.61. The fraction of sp³-hybridized carbons (Fsp3) is 0.150. The number of para-hydroxylation sites is 8. The summed E-state index contributed by atoms with van der Waals surface area (Å²) >= 11 is 0. The molecule has 0 aliphatic heterocycles. The second kappa shape index (κ2) is 37.0. The summed E-state index contributed by atoms with van der Waals surface area (Å²) in [6, 6.07) is 140. The molecule has 0 saturated heterocycles. The Kier molecular flexibility index (Phi) is 24.9. The number of nitrogens with zero attached hydrogens (tertiary/aromatic N) is 8. The topological polar surface area (TPSA) is 112 Å². The number of fused-ring (bicyclic) bond motifs is 8. The van der Waals surface area contributed by atoms with E-state index in [9.17, 15) is 10.2 Å². The molecule has 0 amide bonds. The van der Waals surface area contributed by atoms with Crippen LogP contribution in [-0.2, 0) is 69.2 Å². The van der Waals surface area contributed by atoms with Gasteiger partial charge in [0.15, 0.2) is 0 Å². The SMILES string of the molecule is CC(C)(C)c1cc(-c2nc3c(-c4[c-]c(-c5cc6c(cn5)c5ccccc5n6-c5ccccc5)cc(-c5ccccc5)c4)cccc3n2-c2ccccc2-c2ccccc2)c(O)c(C(C)(C)C)c1.CC(C)(C)c1cc(-c2nc3c(-c4[c-]c(-c5cc6c(cn5)c5ccccc5n6-c5ccccc5)cc(C(C)(C)c5ccccc5)c4)cccc3n2-c2ccccc2-c2ccccc2)c(O)c(C(C)(C)C)c1.[Pt].[Pt]. The average molecular weight is 2170 g/mol. The monoisotopic (exact) mass is 2170 g/mol. The van der Waals surface area contributed by atoms with Gasteiger partial charge in [0.1, 0.15) is 23.1 Å². The summed E-state index contributed by atoms with van der Waals surface area (Å²) in [5.74, 6) is 1.82. The van der Waals surface area contributed by atoms with Crippen molar-refractivity contribution in [1.82, 2.24) is 38.2 Å². The molecule has 16 aromatic carbocycles. The number of benzene rings is 16. The second-order valence-electron chi connectivity index (χ2n) is 40.8. The van der Waals surface area contributed by atoms with Gasteiger partial charge >= 0.3 is 0 Å². The van der Waals surface area contributed by atoms with E-state index in [2.05, 4.69) is 497 Å². The first-order valence-electron chi connectivity index (χ1n) is 47.4. The van der Waals surface area contributed by atoms with Crippen molar-refractivity contribution in [2.75, 3.05) is 0 Å². The van der Waals surface area contributed by atoms with Crippen molar-refractivity contribution in [2.24, 2.45) is 0 Å². The van der Waals surface area contributed by atoms with Gasteiger partial charge in [-0.25, -0.2) is 9.97 Å². The zero-order valence-corrected chi connectivity index (χ0v) is 85.1. The van der Waals surface area contributed by atoms with Crippen LogP contribution in [0, 0.1) is 12.1 Å². The van der Waals surface area contributed by atoms with Gasteiger partial charge in [-0.3, -0.25) is 19.1 Å². The minimum absolute atomic E-state index is 0. The number of hydrogen-bond acceptors (Lipinski definition) is 6. The number of hydrogen-bond donors (Lipinski definition) is 2. The Bertz CT molecular complexity index is 8400. The zero-order chi connectivity index (χ0) is 94.6. The van der Waals surface area contributed by atoms with Gasteiger partial charge in [0, 0.05) is 127 Å². The molecule has 139 heavy (non-hydrogen) atoms. The molecule has 0 fully saturated rings. The van der Waals surface area contributed by atoms with E-state index in [0.29, 0.717) is 22.8 Å². The molecule has 0 aliphatic carbocycles. The molecule has 690 valence electrons. The van der Waals surface area contributed by atoms with E-state index in [1.807, 2.05) is 18.5 Å². The maximum atomic E-state index is 12.6. The van der Waals surface area contributed by atoms with E-state index in [0.717, 1.165) is 194 Å². The van der Waals surface area contributed by atoms with Crippen LogP contribution in [0.4, 0.5) is 0 Å². The van der Waals surface area contributed by atoms with Crippen LogP contribution in [0.15, 0.2) is 389 Å².